The first-order valence-corrected chi connectivity index (χ1v) is 8.09. The molecule has 1 aliphatic heterocycles. The van der Waals surface area contributed by atoms with Gasteiger partial charge in [0, 0.05) is 17.8 Å². The average molecular weight is 340 g/mol. The summed E-state index contributed by atoms with van der Waals surface area (Å²) in [6, 6.07) is 12.4. The summed E-state index contributed by atoms with van der Waals surface area (Å²) < 4.78 is 10.8. The standard InChI is InChI=1S/C19H20N2O4/c1-24-16-9-2-3-10-17(16)25-12-18(22)21-11-5-7-13-14(19(20)23)6-4-8-15(13)21/h2-4,6,8-10H,5,7,11-12H2,1H3,(H2,20,23). The van der Waals surface area contributed by atoms with Crippen molar-refractivity contribution in [2.75, 3.05) is 25.2 Å². The van der Waals surface area contributed by atoms with Crippen molar-refractivity contribution in [1.82, 2.24) is 0 Å². The van der Waals surface area contributed by atoms with Gasteiger partial charge in [0.2, 0.25) is 5.91 Å². The van der Waals surface area contributed by atoms with Gasteiger partial charge in [-0.25, -0.2) is 0 Å². The molecule has 2 amide bonds. The maximum Gasteiger partial charge on any atom is 0.264 e. The van der Waals surface area contributed by atoms with E-state index in [-0.39, 0.29) is 12.5 Å². The first kappa shape index (κ1) is 16.8. The van der Waals surface area contributed by atoms with Gasteiger partial charge in [-0.05, 0) is 42.7 Å². The lowest BCUT2D eigenvalue weighted by atomic mass is 9.96. The molecule has 2 aromatic carbocycles. The van der Waals surface area contributed by atoms with Gasteiger partial charge in [-0.1, -0.05) is 18.2 Å². The fraction of sp³-hybridized carbons (Fsp3) is 0.263. The van der Waals surface area contributed by atoms with E-state index in [1.54, 1.807) is 36.3 Å². The molecular weight excluding hydrogens is 320 g/mol. The van der Waals surface area contributed by atoms with Crippen LogP contribution in [0.25, 0.3) is 0 Å². The third-order valence-electron chi connectivity index (χ3n) is 4.24. The molecule has 1 heterocycles. The molecule has 0 saturated heterocycles. The minimum Gasteiger partial charge on any atom is -0.493 e. The summed E-state index contributed by atoms with van der Waals surface area (Å²) >= 11 is 0. The van der Waals surface area contributed by atoms with Crippen molar-refractivity contribution in [3.63, 3.8) is 0 Å². The Labute approximate surface area is 146 Å². The van der Waals surface area contributed by atoms with Crippen molar-refractivity contribution < 1.29 is 19.1 Å². The first-order valence-electron chi connectivity index (χ1n) is 8.09. The van der Waals surface area contributed by atoms with E-state index in [1.807, 2.05) is 18.2 Å². The highest BCUT2D eigenvalue weighted by molar-refractivity contribution is 6.00. The van der Waals surface area contributed by atoms with Crippen LogP contribution in [0.1, 0.15) is 22.3 Å². The molecule has 0 aliphatic carbocycles. The second kappa shape index (κ2) is 7.25. The molecule has 0 unspecified atom stereocenters. The Kier molecular flexibility index (Phi) is 4.88. The topological polar surface area (TPSA) is 81.9 Å². The van der Waals surface area contributed by atoms with E-state index in [4.69, 9.17) is 15.2 Å². The van der Waals surface area contributed by atoms with Crippen LogP contribution in [0.2, 0.25) is 0 Å². The molecule has 0 atom stereocenters. The summed E-state index contributed by atoms with van der Waals surface area (Å²) in [6.07, 6.45) is 1.50. The predicted octanol–water partition coefficient (Wildman–Crippen LogP) is 2.15. The number of benzene rings is 2. The highest BCUT2D eigenvalue weighted by atomic mass is 16.5. The quantitative estimate of drug-likeness (QED) is 0.904. The van der Waals surface area contributed by atoms with Crippen LogP contribution in [-0.4, -0.2) is 32.1 Å². The molecule has 6 nitrogen and oxygen atoms in total. The third kappa shape index (κ3) is 3.42. The molecule has 0 fully saturated rings. The van der Waals surface area contributed by atoms with Crippen molar-refractivity contribution >= 4 is 17.5 Å². The number of nitrogens with two attached hydrogens (primary N) is 1. The van der Waals surface area contributed by atoms with Crippen molar-refractivity contribution in [1.29, 1.82) is 0 Å². The predicted molar refractivity (Wildman–Crippen MR) is 94.1 cm³/mol. The minimum atomic E-state index is -0.476. The summed E-state index contributed by atoms with van der Waals surface area (Å²) in [7, 11) is 1.55. The van der Waals surface area contributed by atoms with Crippen molar-refractivity contribution in [3.05, 3.63) is 53.6 Å². The number of primary amides is 1. The number of methoxy groups -OCH3 is 1. The van der Waals surface area contributed by atoms with Gasteiger partial charge in [-0.3, -0.25) is 9.59 Å². The molecule has 25 heavy (non-hydrogen) atoms. The number of hydrogen-bond donors (Lipinski definition) is 1. The number of rotatable bonds is 5. The Balaban J connectivity index is 1.78. The number of hydrogen-bond acceptors (Lipinski definition) is 4. The summed E-state index contributed by atoms with van der Waals surface area (Å²) in [4.78, 5) is 25.9. The fourth-order valence-corrected chi connectivity index (χ4v) is 3.07. The van der Waals surface area contributed by atoms with E-state index in [1.165, 1.54) is 0 Å². The average Bonchev–Trinajstić information content (AvgIpc) is 2.65. The molecule has 0 radical (unpaired) electrons. The van der Waals surface area contributed by atoms with E-state index in [9.17, 15) is 9.59 Å². The lowest BCUT2D eigenvalue weighted by molar-refractivity contribution is -0.120. The van der Waals surface area contributed by atoms with E-state index in [2.05, 4.69) is 0 Å². The van der Waals surface area contributed by atoms with Gasteiger partial charge in [0.1, 0.15) is 0 Å². The van der Waals surface area contributed by atoms with Crippen LogP contribution in [-0.2, 0) is 11.2 Å². The summed E-state index contributed by atoms with van der Waals surface area (Å²) in [5, 5.41) is 0. The van der Waals surface area contributed by atoms with Crippen LogP contribution < -0.4 is 20.1 Å². The number of carbonyl (C=O) groups excluding carboxylic acids is 2. The van der Waals surface area contributed by atoms with Crippen molar-refractivity contribution in [2.24, 2.45) is 5.73 Å². The maximum absolute atomic E-state index is 12.7. The normalized spacial score (nSPS) is 13.1. The maximum atomic E-state index is 12.7. The summed E-state index contributed by atoms with van der Waals surface area (Å²) in [5.41, 5.74) is 7.48. The zero-order valence-corrected chi connectivity index (χ0v) is 14.0. The zero-order chi connectivity index (χ0) is 17.8. The molecular formula is C19H20N2O4. The van der Waals surface area contributed by atoms with E-state index in [0.29, 0.717) is 23.6 Å². The third-order valence-corrected chi connectivity index (χ3v) is 4.24. The zero-order valence-electron chi connectivity index (χ0n) is 14.0. The van der Waals surface area contributed by atoms with Crippen LogP contribution in [0, 0.1) is 0 Å². The SMILES string of the molecule is COc1ccccc1OCC(=O)N1CCCc2c(C(N)=O)cccc21. The fourth-order valence-electron chi connectivity index (χ4n) is 3.07. The molecule has 0 aromatic heterocycles. The Hall–Kier alpha value is -3.02. The summed E-state index contributed by atoms with van der Waals surface area (Å²) in [6.45, 7) is 0.476. The Morgan fingerprint density at radius 3 is 2.60 bits per heavy atom. The molecule has 2 N–H and O–H groups in total. The Morgan fingerprint density at radius 2 is 1.88 bits per heavy atom. The van der Waals surface area contributed by atoms with Crippen molar-refractivity contribution in [2.45, 2.75) is 12.8 Å². The van der Waals surface area contributed by atoms with Crippen LogP contribution >= 0.6 is 0 Å². The van der Waals surface area contributed by atoms with Gasteiger partial charge < -0.3 is 20.1 Å². The smallest absolute Gasteiger partial charge is 0.264 e. The largest absolute Gasteiger partial charge is 0.493 e. The van der Waals surface area contributed by atoms with E-state index < -0.39 is 5.91 Å². The first-order chi connectivity index (χ1) is 12.1. The minimum absolute atomic E-state index is 0.111. The van der Waals surface area contributed by atoms with Crippen LogP contribution in [0.5, 0.6) is 11.5 Å². The van der Waals surface area contributed by atoms with Gasteiger partial charge in [-0.2, -0.15) is 0 Å². The van der Waals surface area contributed by atoms with Gasteiger partial charge in [-0.15, -0.1) is 0 Å². The number of ether oxygens (including phenoxy) is 2. The van der Waals surface area contributed by atoms with Gasteiger partial charge in [0.15, 0.2) is 18.1 Å². The highest BCUT2D eigenvalue weighted by Gasteiger charge is 2.25. The van der Waals surface area contributed by atoms with Gasteiger partial charge in [0.05, 0.1) is 7.11 Å². The number of carbonyl (C=O) groups is 2. The second-order valence-electron chi connectivity index (χ2n) is 5.76. The van der Waals surface area contributed by atoms with E-state index >= 15 is 0 Å². The lowest BCUT2D eigenvalue weighted by Gasteiger charge is -2.30. The Morgan fingerprint density at radius 1 is 1.12 bits per heavy atom. The highest BCUT2D eigenvalue weighted by Crippen LogP contribution is 2.30. The van der Waals surface area contributed by atoms with Crippen LogP contribution in [0.15, 0.2) is 42.5 Å². The lowest BCUT2D eigenvalue weighted by Crippen LogP contribution is -2.39. The molecule has 0 bridgehead atoms. The molecule has 0 spiro atoms. The van der Waals surface area contributed by atoms with E-state index in [0.717, 1.165) is 24.1 Å². The van der Waals surface area contributed by atoms with Crippen molar-refractivity contribution in [3.8, 4) is 11.5 Å². The molecule has 6 heteroatoms. The van der Waals surface area contributed by atoms with Crippen LogP contribution in [0.3, 0.4) is 0 Å². The monoisotopic (exact) mass is 340 g/mol. The number of anilines is 1. The molecule has 1 aliphatic rings. The second-order valence-corrected chi connectivity index (χ2v) is 5.76. The number of amides is 2. The van der Waals surface area contributed by atoms with Gasteiger partial charge >= 0.3 is 0 Å². The molecule has 3 rings (SSSR count). The van der Waals surface area contributed by atoms with Crippen LogP contribution in [0.4, 0.5) is 5.69 Å². The Bertz CT molecular complexity index is 804. The number of nitrogens with zero attached hydrogens (tertiary/aromatic N) is 1. The number of fused-ring (bicyclic) bond motifs is 1. The summed E-state index contributed by atoms with van der Waals surface area (Å²) in [5.74, 6) is 0.441. The molecule has 130 valence electrons. The van der Waals surface area contributed by atoms with Gasteiger partial charge in [0.25, 0.3) is 5.91 Å². The number of para-hydroxylation sites is 2. The molecule has 0 saturated carbocycles. The molecule has 2 aromatic rings.